The predicted molar refractivity (Wildman–Crippen MR) is 136 cm³/mol. The Morgan fingerprint density at radius 2 is 1.58 bits per heavy atom. The van der Waals surface area contributed by atoms with Gasteiger partial charge in [0.2, 0.25) is 0 Å². The number of hydrogen-bond donors (Lipinski definition) is 1. The zero-order valence-corrected chi connectivity index (χ0v) is 21.7. The molecule has 0 unspecified atom stereocenters. The number of amides is 4. The molecule has 4 amide bonds. The van der Waals surface area contributed by atoms with Crippen LogP contribution in [-0.2, 0) is 16.6 Å². The largest absolute Gasteiger partial charge is 0.492 e. The molecule has 1 atom stereocenters. The number of hydrogen-bond acceptors (Lipinski definition) is 6. The van der Waals surface area contributed by atoms with E-state index in [1.807, 2.05) is 18.2 Å². The summed E-state index contributed by atoms with van der Waals surface area (Å²) in [5.74, 6) is 0.814. The van der Waals surface area contributed by atoms with E-state index in [4.69, 9.17) is 4.74 Å². The van der Waals surface area contributed by atoms with E-state index in [0.29, 0.717) is 18.7 Å². The molecule has 36 heavy (non-hydrogen) atoms. The quantitative estimate of drug-likeness (QED) is 0.521. The van der Waals surface area contributed by atoms with Gasteiger partial charge < -0.3 is 19.9 Å². The fourth-order valence-corrected chi connectivity index (χ4v) is 4.65. The summed E-state index contributed by atoms with van der Waals surface area (Å²) in [4.78, 5) is 24.3. The van der Waals surface area contributed by atoms with Crippen molar-refractivity contribution in [3.8, 4) is 5.75 Å². The first-order chi connectivity index (χ1) is 17.0. The van der Waals surface area contributed by atoms with Gasteiger partial charge in [-0.2, -0.15) is 0 Å². The summed E-state index contributed by atoms with van der Waals surface area (Å²) in [5.41, 5.74) is 1.66. The Morgan fingerprint density at radius 1 is 0.972 bits per heavy atom. The standard InChI is InChI=1S/C18H18N2O3S.C6H12N4O2/c1-13-12-23-18-8-7-17-15(16(18)11-19-13)9-10-20(17)24(21,22)14-5-3-2-4-6-14;1-9(2)5(11)7-8-6(12)10(3)4/h2-10,13,19H,11-12H2,1H3;1-4H3/t13-;/m0./s1. The summed E-state index contributed by atoms with van der Waals surface area (Å²) in [6.07, 6.45) is 1.61. The molecule has 0 saturated carbocycles. The first kappa shape index (κ1) is 26.8. The van der Waals surface area contributed by atoms with Crippen LogP contribution in [0.1, 0.15) is 12.5 Å². The minimum atomic E-state index is -3.61. The first-order valence-electron chi connectivity index (χ1n) is 11.2. The molecule has 0 radical (unpaired) electrons. The number of carbonyl (C=O) groups is 2. The number of nitrogens with zero attached hydrogens (tertiary/aromatic N) is 5. The molecule has 0 bridgehead atoms. The number of rotatable bonds is 2. The van der Waals surface area contributed by atoms with Crippen LogP contribution in [0.15, 0.2) is 69.9 Å². The molecule has 12 heteroatoms. The van der Waals surface area contributed by atoms with Crippen LogP contribution in [0.3, 0.4) is 0 Å². The highest BCUT2D eigenvalue weighted by Crippen LogP contribution is 2.32. The maximum atomic E-state index is 12.9. The average Bonchev–Trinajstić information content (AvgIpc) is 3.21. The SMILES string of the molecule is CN(C)C(=O)N=NC(=O)N(C)C.C[C@H]1COc2ccc3c(ccn3S(=O)(=O)c3ccccc3)c2CN1. The molecule has 2 heterocycles. The second-order valence-corrected chi connectivity index (χ2v) is 10.4. The van der Waals surface area contributed by atoms with E-state index in [2.05, 4.69) is 22.5 Å². The number of carbonyl (C=O) groups excluding carboxylic acids is 2. The monoisotopic (exact) mass is 514 g/mol. The van der Waals surface area contributed by atoms with E-state index in [-0.39, 0.29) is 10.9 Å². The number of azo groups is 1. The molecule has 192 valence electrons. The van der Waals surface area contributed by atoms with Crippen molar-refractivity contribution in [3.63, 3.8) is 0 Å². The summed E-state index contributed by atoms with van der Waals surface area (Å²) >= 11 is 0. The molecule has 3 aromatic rings. The summed E-state index contributed by atoms with van der Waals surface area (Å²) in [5, 5.41) is 10.6. The number of benzene rings is 2. The van der Waals surface area contributed by atoms with E-state index in [1.165, 1.54) is 42.0 Å². The Morgan fingerprint density at radius 3 is 2.17 bits per heavy atom. The highest BCUT2D eigenvalue weighted by atomic mass is 32.2. The van der Waals surface area contributed by atoms with Gasteiger partial charge >= 0.3 is 12.1 Å². The van der Waals surface area contributed by atoms with Crippen LogP contribution in [-0.4, -0.2) is 75.1 Å². The first-order valence-corrected chi connectivity index (χ1v) is 12.6. The van der Waals surface area contributed by atoms with Crippen molar-refractivity contribution in [3.05, 3.63) is 60.3 Å². The van der Waals surface area contributed by atoms with Gasteiger partial charge in [0.25, 0.3) is 10.0 Å². The third-order valence-electron chi connectivity index (χ3n) is 5.31. The molecular formula is C24H30N6O5S. The predicted octanol–water partition coefficient (Wildman–Crippen LogP) is 3.55. The van der Waals surface area contributed by atoms with Gasteiger partial charge in [-0.15, -0.1) is 0 Å². The number of aromatic nitrogens is 1. The Bertz CT molecular complexity index is 1340. The maximum absolute atomic E-state index is 12.9. The fraction of sp³-hybridized carbons (Fsp3) is 0.333. The lowest BCUT2D eigenvalue weighted by Crippen LogP contribution is -2.28. The van der Waals surface area contributed by atoms with Crippen LogP contribution in [0.2, 0.25) is 0 Å². The van der Waals surface area contributed by atoms with Crippen molar-refractivity contribution in [2.75, 3.05) is 34.8 Å². The molecule has 0 fully saturated rings. The van der Waals surface area contributed by atoms with Crippen LogP contribution in [0, 0.1) is 0 Å². The molecule has 1 aliphatic rings. The van der Waals surface area contributed by atoms with Crippen molar-refractivity contribution < 1.29 is 22.7 Å². The van der Waals surface area contributed by atoms with Gasteiger partial charge in [0.15, 0.2) is 0 Å². The fourth-order valence-electron chi connectivity index (χ4n) is 3.28. The van der Waals surface area contributed by atoms with Gasteiger partial charge in [-0.1, -0.05) is 28.4 Å². The smallest absolute Gasteiger partial charge is 0.361 e. The molecule has 1 N–H and O–H groups in total. The van der Waals surface area contributed by atoms with Crippen LogP contribution in [0.25, 0.3) is 10.9 Å². The highest BCUT2D eigenvalue weighted by Gasteiger charge is 2.22. The minimum Gasteiger partial charge on any atom is -0.492 e. The van der Waals surface area contributed by atoms with Crippen molar-refractivity contribution in [2.45, 2.75) is 24.4 Å². The van der Waals surface area contributed by atoms with Crippen LogP contribution in [0.4, 0.5) is 9.59 Å². The number of urea groups is 2. The number of ether oxygens (including phenoxy) is 1. The Labute approximate surface area is 210 Å². The summed E-state index contributed by atoms with van der Waals surface area (Å²) in [6.45, 7) is 3.32. The zero-order chi connectivity index (χ0) is 26.5. The molecule has 11 nitrogen and oxygen atoms in total. The van der Waals surface area contributed by atoms with Crippen molar-refractivity contribution in [1.82, 2.24) is 19.1 Å². The van der Waals surface area contributed by atoms with Gasteiger partial charge in [-0.25, -0.2) is 22.0 Å². The Kier molecular flexibility index (Phi) is 8.43. The van der Waals surface area contributed by atoms with E-state index in [9.17, 15) is 18.0 Å². The van der Waals surface area contributed by atoms with E-state index >= 15 is 0 Å². The topological polar surface area (TPSA) is 126 Å². The third-order valence-corrected chi connectivity index (χ3v) is 7.01. The van der Waals surface area contributed by atoms with Crippen molar-refractivity contribution in [1.29, 1.82) is 0 Å². The molecule has 4 rings (SSSR count). The second kappa shape index (κ2) is 11.3. The molecule has 2 aromatic carbocycles. The second-order valence-electron chi connectivity index (χ2n) is 8.55. The van der Waals surface area contributed by atoms with Gasteiger partial charge in [0, 0.05) is 57.9 Å². The van der Waals surface area contributed by atoms with E-state index in [1.54, 1.807) is 36.5 Å². The number of nitrogens with one attached hydrogen (secondary N) is 1. The molecule has 0 saturated heterocycles. The lowest BCUT2D eigenvalue weighted by atomic mass is 10.1. The minimum absolute atomic E-state index is 0.252. The Hall–Kier alpha value is -3.77. The summed E-state index contributed by atoms with van der Waals surface area (Å²) < 4.78 is 33.0. The lowest BCUT2D eigenvalue weighted by Gasteiger charge is -2.10. The van der Waals surface area contributed by atoms with E-state index < -0.39 is 22.1 Å². The van der Waals surface area contributed by atoms with Crippen molar-refractivity contribution >= 4 is 33.0 Å². The van der Waals surface area contributed by atoms with Gasteiger partial charge in [-0.05, 0) is 37.3 Å². The maximum Gasteiger partial charge on any atom is 0.361 e. The van der Waals surface area contributed by atoms with E-state index in [0.717, 1.165) is 16.7 Å². The van der Waals surface area contributed by atoms with Crippen LogP contribution in [0.5, 0.6) is 5.75 Å². The van der Waals surface area contributed by atoms with Gasteiger partial charge in [0.05, 0.1) is 10.4 Å². The van der Waals surface area contributed by atoms with Gasteiger partial charge in [-0.3, -0.25) is 0 Å². The molecule has 0 spiro atoms. The lowest BCUT2D eigenvalue weighted by molar-refractivity contribution is 0.218. The molecular weight excluding hydrogens is 484 g/mol. The van der Waals surface area contributed by atoms with Crippen LogP contribution >= 0.6 is 0 Å². The van der Waals surface area contributed by atoms with Crippen molar-refractivity contribution in [2.24, 2.45) is 10.2 Å². The molecule has 1 aliphatic heterocycles. The normalized spacial score (nSPS) is 15.3. The Balaban J connectivity index is 0.000000257. The summed E-state index contributed by atoms with van der Waals surface area (Å²) in [6, 6.07) is 13.1. The molecule has 1 aromatic heterocycles. The van der Waals surface area contributed by atoms with Crippen LogP contribution < -0.4 is 10.1 Å². The third kappa shape index (κ3) is 6.07. The number of fused-ring (bicyclic) bond motifs is 3. The van der Waals surface area contributed by atoms with Gasteiger partial charge in [0.1, 0.15) is 12.4 Å². The zero-order valence-electron chi connectivity index (χ0n) is 20.9. The average molecular weight is 515 g/mol. The molecule has 0 aliphatic carbocycles. The summed E-state index contributed by atoms with van der Waals surface area (Å²) in [7, 11) is 2.50. The highest BCUT2D eigenvalue weighted by molar-refractivity contribution is 7.90.